The maximum atomic E-state index is 12.9. The number of Topliss-reactive ketones (excluding diaryl/α,β-unsaturated/α-hetero) is 2. The van der Waals surface area contributed by atoms with E-state index in [0.29, 0.717) is 6.61 Å². The first kappa shape index (κ1) is 13.6. The second-order valence-corrected chi connectivity index (χ2v) is 6.87. The zero-order valence-electron chi connectivity index (χ0n) is 12.8. The van der Waals surface area contributed by atoms with Crippen LogP contribution in [0.1, 0.15) is 24.1 Å². The Morgan fingerprint density at radius 2 is 2.13 bits per heavy atom. The van der Waals surface area contributed by atoms with Crippen LogP contribution in [0.3, 0.4) is 0 Å². The van der Waals surface area contributed by atoms with E-state index in [1.807, 2.05) is 12.1 Å². The summed E-state index contributed by atoms with van der Waals surface area (Å²) < 4.78 is 11.2. The van der Waals surface area contributed by atoms with Crippen LogP contribution in [-0.4, -0.2) is 36.6 Å². The Hall–Kier alpha value is -1.82. The Bertz CT molecular complexity index is 742. The van der Waals surface area contributed by atoms with Crippen LogP contribution in [0.25, 0.3) is 6.08 Å². The topological polar surface area (TPSA) is 57.0 Å². The van der Waals surface area contributed by atoms with Crippen molar-refractivity contribution in [2.75, 3.05) is 6.61 Å². The number of nitrogens with one attached hydrogen (secondary N) is 1. The summed E-state index contributed by atoms with van der Waals surface area (Å²) in [7, 11) is 0. The van der Waals surface area contributed by atoms with Crippen LogP contribution < -0.4 is 4.90 Å². The number of benzene rings is 1. The third-order valence-electron chi connectivity index (χ3n) is 5.80. The molecule has 0 amide bonds. The van der Waals surface area contributed by atoms with Gasteiger partial charge in [0.05, 0.1) is 30.7 Å². The maximum absolute atomic E-state index is 12.9. The Balaban J connectivity index is 1.70. The van der Waals surface area contributed by atoms with Gasteiger partial charge in [-0.1, -0.05) is 24.3 Å². The zero-order chi connectivity index (χ0) is 15.7. The van der Waals surface area contributed by atoms with E-state index < -0.39 is 6.29 Å². The fraction of sp³-hybridized carbons (Fsp3) is 0.444. The summed E-state index contributed by atoms with van der Waals surface area (Å²) >= 11 is 0. The quantitative estimate of drug-likeness (QED) is 0.800. The highest BCUT2D eigenvalue weighted by Crippen LogP contribution is 2.46. The van der Waals surface area contributed by atoms with Gasteiger partial charge in [0.15, 0.2) is 17.6 Å². The monoisotopic (exact) mass is 312 g/mol. The van der Waals surface area contributed by atoms with Crippen molar-refractivity contribution in [2.45, 2.75) is 31.4 Å². The highest BCUT2D eigenvalue weighted by molar-refractivity contribution is 5.90. The van der Waals surface area contributed by atoms with Crippen LogP contribution in [0, 0.1) is 11.8 Å². The molecular weight excluding hydrogens is 294 g/mol. The Morgan fingerprint density at radius 1 is 1.30 bits per heavy atom. The molecule has 3 fully saturated rings. The molecule has 0 radical (unpaired) electrons. The molecule has 118 valence electrons. The molecule has 7 atom stereocenters. The van der Waals surface area contributed by atoms with Gasteiger partial charge >= 0.3 is 0 Å². The lowest BCUT2D eigenvalue weighted by molar-refractivity contribution is -0.885. The first-order valence-corrected chi connectivity index (χ1v) is 8.12. The van der Waals surface area contributed by atoms with Crippen LogP contribution in [0.15, 0.2) is 30.5 Å². The predicted molar refractivity (Wildman–Crippen MR) is 80.2 cm³/mol. The van der Waals surface area contributed by atoms with Crippen molar-refractivity contribution >= 4 is 17.6 Å². The molecule has 3 saturated heterocycles. The molecule has 4 heterocycles. The third-order valence-corrected chi connectivity index (χ3v) is 5.80. The van der Waals surface area contributed by atoms with Gasteiger partial charge in [0.25, 0.3) is 0 Å². The number of hydrogen-bond acceptors (Lipinski definition) is 4. The molecule has 5 heteroatoms. The number of ether oxygens (including phenoxy) is 2. The molecule has 23 heavy (non-hydrogen) atoms. The van der Waals surface area contributed by atoms with Crippen molar-refractivity contribution in [1.82, 2.24) is 0 Å². The Morgan fingerprint density at radius 3 is 2.96 bits per heavy atom. The van der Waals surface area contributed by atoms with Gasteiger partial charge in [-0.3, -0.25) is 14.5 Å². The van der Waals surface area contributed by atoms with Crippen molar-refractivity contribution in [1.29, 1.82) is 0 Å². The predicted octanol–water partition coefficient (Wildman–Crippen LogP) is 0.125. The number of ketones is 2. The van der Waals surface area contributed by atoms with Gasteiger partial charge in [0.2, 0.25) is 6.29 Å². The summed E-state index contributed by atoms with van der Waals surface area (Å²) in [6, 6.07) is 7.88. The van der Waals surface area contributed by atoms with Crippen LogP contribution >= 0.6 is 0 Å². The van der Waals surface area contributed by atoms with Gasteiger partial charge < -0.3 is 9.47 Å². The van der Waals surface area contributed by atoms with Gasteiger partial charge in [0.1, 0.15) is 6.04 Å². The summed E-state index contributed by atoms with van der Waals surface area (Å²) in [5.41, 5.74) is 2.29. The molecule has 0 spiro atoms. The number of rotatable bonds is 1. The van der Waals surface area contributed by atoms with Crippen molar-refractivity contribution in [3.8, 4) is 0 Å². The first-order chi connectivity index (χ1) is 11.2. The maximum Gasteiger partial charge on any atom is 0.218 e. The van der Waals surface area contributed by atoms with E-state index in [-0.39, 0.29) is 41.6 Å². The SMILES string of the molecule is CC(=O)[C@@H]1[C@@H]2[C@H](C(=O)[C@@H]3OC[C@H]2O3)[C@@H]2c3ccccc3C=C[NH+]12. The smallest absolute Gasteiger partial charge is 0.218 e. The number of carbonyl (C=O) groups excluding carboxylic acids is 2. The van der Waals surface area contributed by atoms with E-state index in [0.717, 1.165) is 16.0 Å². The summed E-state index contributed by atoms with van der Waals surface area (Å²) in [4.78, 5) is 26.4. The van der Waals surface area contributed by atoms with Gasteiger partial charge in [-0.25, -0.2) is 0 Å². The molecule has 0 aliphatic carbocycles. The molecule has 5 nitrogen and oxygen atoms in total. The van der Waals surface area contributed by atoms with E-state index >= 15 is 0 Å². The van der Waals surface area contributed by atoms with Gasteiger partial charge in [-0.2, -0.15) is 0 Å². The van der Waals surface area contributed by atoms with Crippen LogP contribution in [0.4, 0.5) is 0 Å². The molecule has 4 aliphatic rings. The molecular formula is C18H18NO4+. The molecule has 5 rings (SSSR count). The Labute approximate surface area is 133 Å². The number of hydrogen-bond donors (Lipinski definition) is 1. The summed E-state index contributed by atoms with van der Waals surface area (Å²) in [5, 5.41) is 0. The summed E-state index contributed by atoms with van der Waals surface area (Å²) in [6.07, 6.45) is 3.22. The lowest BCUT2D eigenvalue weighted by atomic mass is 9.76. The van der Waals surface area contributed by atoms with Crippen LogP contribution in [0.2, 0.25) is 0 Å². The summed E-state index contributed by atoms with van der Waals surface area (Å²) in [6.45, 7) is 2.03. The van der Waals surface area contributed by atoms with Crippen LogP contribution in [0.5, 0.6) is 0 Å². The van der Waals surface area contributed by atoms with E-state index in [1.54, 1.807) is 6.92 Å². The van der Waals surface area contributed by atoms with E-state index in [4.69, 9.17) is 9.47 Å². The molecule has 1 unspecified atom stereocenters. The highest BCUT2D eigenvalue weighted by Gasteiger charge is 2.66. The molecule has 4 aliphatic heterocycles. The standard InChI is InChI=1S/C18H17NO4/c1-9(20)15-13-12-8-22-18(23-12)17(21)14(13)16-11-5-3-2-4-10(11)6-7-19(15)16/h2-7,12-16,18H,8H2,1H3/p+1/t12-,13+,14+,15-,16+,18-/m1/s1. The van der Waals surface area contributed by atoms with Gasteiger partial charge in [0, 0.05) is 12.5 Å². The second kappa shape index (κ2) is 4.60. The minimum atomic E-state index is -0.744. The number of quaternary nitrogens is 1. The summed E-state index contributed by atoms with van der Waals surface area (Å²) in [5.74, 6) is -0.200. The minimum absolute atomic E-state index is 0.0000954. The van der Waals surface area contributed by atoms with Gasteiger partial charge in [-0.15, -0.1) is 0 Å². The van der Waals surface area contributed by atoms with Crippen LogP contribution in [-0.2, 0) is 19.1 Å². The average molecular weight is 312 g/mol. The molecule has 1 aromatic carbocycles. The highest BCUT2D eigenvalue weighted by atomic mass is 16.7. The normalized spacial score (nSPS) is 43.0. The minimum Gasteiger partial charge on any atom is -0.343 e. The van der Waals surface area contributed by atoms with Crippen molar-refractivity contribution < 1.29 is 24.0 Å². The first-order valence-electron chi connectivity index (χ1n) is 8.12. The fourth-order valence-electron chi connectivity index (χ4n) is 5.00. The van der Waals surface area contributed by atoms with Crippen molar-refractivity contribution in [3.63, 3.8) is 0 Å². The zero-order valence-corrected chi connectivity index (χ0v) is 12.8. The molecule has 0 saturated carbocycles. The average Bonchev–Trinajstić information content (AvgIpc) is 3.13. The molecule has 2 bridgehead atoms. The van der Waals surface area contributed by atoms with E-state index in [2.05, 4.69) is 24.4 Å². The molecule has 1 N–H and O–H groups in total. The lowest BCUT2D eigenvalue weighted by Gasteiger charge is -2.30. The third kappa shape index (κ3) is 1.67. The number of carbonyl (C=O) groups is 2. The molecule has 1 aromatic rings. The molecule has 0 aromatic heterocycles. The van der Waals surface area contributed by atoms with Crippen molar-refractivity contribution in [3.05, 3.63) is 41.6 Å². The lowest BCUT2D eigenvalue weighted by Crippen LogP contribution is -3.11. The number of fused-ring (bicyclic) bond motifs is 8. The van der Waals surface area contributed by atoms with Crippen molar-refractivity contribution in [2.24, 2.45) is 11.8 Å². The van der Waals surface area contributed by atoms with Gasteiger partial charge in [-0.05, 0) is 11.6 Å². The largest absolute Gasteiger partial charge is 0.343 e. The van der Waals surface area contributed by atoms with E-state index in [9.17, 15) is 9.59 Å². The second-order valence-electron chi connectivity index (χ2n) is 6.87. The Kier molecular flexibility index (Phi) is 2.72. The fourth-order valence-corrected chi connectivity index (χ4v) is 5.00. The van der Waals surface area contributed by atoms with E-state index in [1.165, 1.54) is 0 Å².